The Hall–Kier alpha value is -1.99. The Balaban J connectivity index is 1.41. The Kier molecular flexibility index (Phi) is 4.20. The molecule has 0 atom stereocenters. The van der Waals surface area contributed by atoms with Crippen LogP contribution in [0.2, 0.25) is 0 Å². The van der Waals surface area contributed by atoms with Crippen LogP contribution in [0.1, 0.15) is 22.0 Å². The van der Waals surface area contributed by atoms with Crippen molar-refractivity contribution in [1.29, 1.82) is 0 Å². The highest BCUT2D eigenvalue weighted by molar-refractivity contribution is 7.11. The van der Waals surface area contributed by atoms with E-state index in [-0.39, 0.29) is 5.91 Å². The van der Waals surface area contributed by atoms with Gasteiger partial charge in [-0.25, -0.2) is 9.97 Å². The van der Waals surface area contributed by atoms with E-state index in [1.54, 1.807) is 19.4 Å². The molecular weight excluding hydrogens is 324 g/mol. The second kappa shape index (κ2) is 6.49. The predicted octanol–water partition coefficient (Wildman–Crippen LogP) is 1.88. The van der Waals surface area contributed by atoms with Crippen LogP contribution in [0.15, 0.2) is 18.3 Å². The summed E-state index contributed by atoms with van der Waals surface area (Å²) in [6, 6.07) is 3.65. The smallest absolute Gasteiger partial charge is 0.241 e. The van der Waals surface area contributed by atoms with Gasteiger partial charge < -0.3 is 9.64 Å². The highest BCUT2D eigenvalue weighted by Crippen LogP contribution is 2.28. The summed E-state index contributed by atoms with van der Waals surface area (Å²) >= 11 is 1.82. The zero-order chi connectivity index (χ0) is 16.5. The van der Waals surface area contributed by atoms with E-state index < -0.39 is 0 Å². The lowest BCUT2D eigenvalue weighted by atomic mass is 10.2. The molecule has 0 saturated carbocycles. The second-order valence-corrected chi connectivity index (χ2v) is 7.31. The summed E-state index contributed by atoms with van der Waals surface area (Å²) in [5.41, 5.74) is 2.13. The number of methoxy groups -OCH3 is 1. The average Bonchev–Trinajstić information content (AvgIpc) is 3.16. The lowest BCUT2D eigenvalue weighted by Gasteiger charge is -2.33. The van der Waals surface area contributed by atoms with Crippen molar-refractivity contribution >= 4 is 22.9 Å². The molecule has 1 fully saturated rings. The molecule has 6 nitrogen and oxygen atoms in total. The van der Waals surface area contributed by atoms with Gasteiger partial charge in [-0.05, 0) is 25.3 Å². The molecule has 7 heteroatoms. The molecule has 0 bridgehead atoms. The van der Waals surface area contributed by atoms with E-state index in [4.69, 9.17) is 9.72 Å². The quantitative estimate of drug-likeness (QED) is 0.848. The number of hydrogen-bond acceptors (Lipinski definition) is 6. The fraction of sp³-hybridized carbons (Fsp3) is 0.471. The van der Waals surface area contributed by atoms with Crippen molar-refractivity contribution in [2.45, 2.75) is 25.8 Å². The molecule has 3 heterocycles. The van der Waals surface area contributed by atoms with Gasteiger partial charge >= 0.3 is 0 Å². The zero-order valence-corrected chi connectivity index (χ0v) is 14.5. The lowest BCUT2D eigenvalue weighted by molar-refractivity contribution is -0.121. The normalized spacial score (nSPS) is 18.0. The van der Waals surface area contributed by atoms with Gasteiger partial charge in [-0.3, -0.25) is 9.69 Å². The van der Waals surface area contributed by atoms with E-state index in [1.165, 1.54) is 23.4 Å². The molecule has 1 aliphatic carbocycles. The van der Waals surface area contributed by atoms with Crippen molar-refractivity contribution in [2.75, 3.05) is 31.6 Å². The van der Waals surface area contributed by atoms with Crippen LogP contribution in [0.5, 0.6) is 5.88 Å². The number of rotatable bonds is 4. The maximum atomic E-state index is 12.5. The van der Waals surface area contributed by atoms with Crippen molar-refractivity contribution in [3.05, 3.63) is 33.9 Å². The molecule has 2 aromatic rings. The molecule has 4 rings (SSSR count). The van der Waals surface area contributed by atoms with E-state index in [0.29, 0.717) is 19.0 Å². The molecule has 0 unspecified atom stereocenters. The summed E-state index contributed by atoms with van der Waals surface area (Å²) in [4.78, 5) is 26.8. The molecule has 0 aromatic carbocycles. The fourth-order valence-corrected chi connectivity index (χ4v) is 4.51. The first-order chi connectivity index (χ1) is 11.7. The van der Waals surface area contributed by atoms with Gasteiger partial charge in [-0.2, -0.15) is 0 Å². The van der Waals surface area contributed by atoms with Gasteiger partial charge in [0.1, 0.15) is 5.01 Å². The maximum absolute atomic E-state index is 12.5. The number of amides is 1. The maximum Gasteiger partial charge on any atom is 0.241 e. The van der Waals surface area contributed by atoms with Gasteiger partial charge in [0.15, 0.2) is 0 Å². The van der Waals surface area contributed by atoms with Crippen LogP contribution in [0, 0.1) is 0 Å². The summed E-state index contributed by atoms with van der Waals surface area (Å²) in [6.07, 6.45) is 5.19. The summed E-state index contributed by atoms with van der Waals surface area (Å²) in [5, 5.41) is 1.14. The monoisotopic (exact) mass is 344 g/mol. The Morgan fingerprint density at radius 2 is 2.25 bits per heavy atom. The number of hydrogen-bond donors (Lipinski definition) is 0. The Bertz CT molecular complexity index is 739. The Labute approximate surface area is 145 Å². The predicted molar refractivity (Wildman–Crippen MR) is 92.6 cm³/mol. The van der Waals surface area contributed by atoms with Gasteiger partial charge in [-0.15, -0.1) is 11.3 Å². The number of anilines is 1. The third kappa shape index (κ3) is 3.01. The van der Waals surface area contributed by atoms with Crippen molar-refractivity contribution in [2.24, 2.45) is 0 Å². The number of piperazine rings is 1. The Morgan fingerprint density at radius 1 is 1.33 bits per heavy atom. The van der Waals surface area contributed by atoms with Crippen molar-refractivity contribution in [3.8, 4) is 5.88 Å². The standard InChI is InChI=1S/C17H20N4O2S/c1-23-15-9-12(5-6-18-15)21-8-7-20(11-17(21)22)10-16-19-13-3-2-4-14(13)24-16/h5-6,9H,2-4,7-8,10-11H2,1H3. The first-order valence-electron chi connectivity index (χ1n) is 8.23. The number of aryl methyl sites for hydroxylation is 2. The van der Waals surface area contributed by atoms with Crippen LogP contribution in [-0.4, -0.2) is 47.5 Å². The van der Waals surface area contributed by atoms with E-state index in [0.717, 1.165) is 30.2 Å². The number of aromatic nitrogens is 2. The number of nitrogens with zero attached hydrogens (tertiary/aromatic N) is 4. The number of ether oxygens (including phenoxy) is 1. The summed E-state index contributed by atoms with van der Waals surface area (Å²) in [7, 11) is 1.58. The van der Waals surface area contributed by atoms with E-state index >= 15 is 0 Å². The van der Waals surface area contributed by atoms with Crippen molar-refractivity contribution in [3.63, 3.8) is 0 Å². The van der Waals surface area contributed by atoms with Crippen molar-refractivity contribution < 1.29 is 9.53 Å². The number of fused-ring (bicyclic) bond motifs is 1. The second-order valence-electron chi connectivity index (χ2n) is 6.14. The van der Waals surface area contributed by atoms with E-state index in [9.17, 15) is 4.79 Å². The van der Waals surface area contributed by atoms with Crippen LogP contribution < -0.4 is 9.64 Å². The first-order valence-corrected chi connectivity index (χ1v) is 9.05. The summed E-state index contributed by atoms with van der Waals surface area (Å²) in [6.45, 7) is 2.73. The molecule has 1 saturated heterocycles. The minimum Gasteiger partial charge on any atom is -0.481 e. The van der Waals surface area contributed by atoms with Gasteiger partial charge in [0.05, 0.1) is 31.6 Å². The number of carbonyl (C=O) groups excluding carboxylic acids is 1. The molecule has 0 radical (unpaired) electrons. The number of carbonyl (C=O) groups is 1. The zero-order valence-electron chi connectivity index (χ0n) is 13.7. The van der Waals surface area contributed by atoms with Crippen LogP contribution in [0.3, 0.4) is 0 Å². The average molecular weight is 344 g/mol. The highest BCUT2D eigenvalue weighted by atomic mass is 32.1. The summed E-state index contributed by atoms with van der Waals surface area (Å²) < 4.78 is 5.14. The topological polar surface area (TPSA) is 58.6 Å². The molecule has 2 aliphatic rings. The molecular formula is C17H20N4O2S. The van der Waals surface area contributed by atoms with Crippen LogP contribution in [-0.2, 0) is 24.2 Å². The van der Waals surface area contributed by atoms with Crippen molar-refractivity contribution in [1.82, 2.24) is 14.9 Å². The van der Waals surface area contributed by atoms with Crippen LogP contribution in [0.25, 0.3) is 0 Å². The van der Waals surface area contributed by atoms with E-state index in [1.807, 2.05) is 22.3 Å². The van der Waals surface area contributed by atoms with Gasteiger partial charge in [0.2, 0.25) is 11.8 Å². The summed E-state index contributed by atoms with van der Waals surface area (Å²) in [5.74, 6) is 0.638. The minimum atomic E-state index is 0.110. The molecule has 126 valence electrons. The number of thiazole rings is 1. The first kappa shape index (κ1) is 15.5. The third-order valence-electron chi connectivity index (χ3n) is 4.54. The van der Waals surface area contributed by atoms with Gasteiger partial charge in [0, 0.05) is 30.2 Å². The van der Waals surface area contributed by atoms with Gasteiger partial charge in [-0.1, -0.05) is 0 Å². The van der Waals surface area contributed by atoms with Gasteiger partial charge in [0.25, 0.3) is 0 Å². The van der Waals surface area contributed by atoms with Crippen LogP contribution in [0.4, 0.5) is 5.69 Å². The highest BCUT2D eigenvalue weighted by Gasteiger charge is 2.26. The largest absolute Gasteiger partial charge is 0.481 e. The molecule has 2 aromatic heterocycles. The molecule has 1 amide bonds. The molecule has 24 heavy (non-hydrogen) atoms. The SMILES string of the molecule is COc1cc(N2CCN(Cc3nc4c(s3)CCC4)CC2=O)ccn1. The number of pyridine rings is 1. The minimum absolute atomic E-state index is 0.110. The van der Waals surface area contributed by atoms with E-state index in [2.05, 4.69) is 9.88 Å². The Morgan fingerprint density at radius 3 is 3.04 bits per heavy atom. The molecule has 0 spiro atoms. The molecule has 1 aliphatic heterocycles. The lowest BCUT2D eigenvalue weighted by Crippen LogP contribution is -2.50. The third-order valence-corrected chi connectivity index (χ3v) is 5.68. The fourth-order valence-electron chi connectivity index (χ4n) is 3.31. The molecule has 0 N–H and O–H groups in total. The van der Waals surface area contributed by atoms with Crippen LogP contribution >= 0.6 is 11.3 Å².